The second-order valence-corrected chi connectivity index (χ2v) is 10.5. The third kappa shape index (κ3) is 4.55. The van der Waals surface area contributed by atoms with Crippen LogP contribution < -0.4 is 4.74 Å². The molecular formula is C26H27NO4S. The largest absolute Gasteiger partial charge is 0.490 e. The summed E-state index contributed by atoms with van der Waals surface area (Å²) in [6.07, 6.45) is 0.993. The number of benzene rings is 3. The lowest BCUT2D eigenvalue weighted by molar-refractivity contribution is 0.0718. The second kappa shape index (κ2) is 8.79. The van der Waals surface area contributed by atoms with Gasteiger partial charge in [0.15, 0.2) is 9.84 Å². The zero-order chi connectivity index (χ0) is 22.9. The zero-order valence-corrected chi connectivity index (χ0v) is 19.3. The van der Waals surface area contributed by atoms with Gasteiger partial charge in [-0.1, -0.05) is 54.6 Å². The monoisotopic (exact) mass is 449 g/mol. The van der Waals surface area contributed by atoms with Gasteiger partial charge in [-0.15, -0.1) is 0 Å². The van der Waals surface area contributed by atoms with Gasteiger partial charge in [0, 0.05) is 25.3 Å². The molecule has 0 saturated heterocycles. The van der Waals surface area contributed by atoms with Gasteiger partial charge in [-0.05, 0) is 48.7 Å². The highest BCUT2D eigenvalue weighted by Crippen LogP contribution is 2.35. The fourth-order valence-corrected chi connectivity index (χ4v) is 4.81. The molecule has 3 aromatic carbocycles. The number of carbonyl (C=O) groups excluding carboxylic acids is 1. The average molecular weight is 450 g/mol. The highest BCUT2D eigenvalue weighted by Gasteiger charge is 2.31. The van der Waals surface area contributed by atoms with Crippen LogP contribution in [0.2, 0.25) is 0 Å². The molecule has 0 fully saturated rings. The van der Waals surface area contributed by atoms with Crippen molar-refractivity contribution < 1.29 is 17.9 Å². The summed E-state index contributed by atoms with van der Waals surface area (Å²) >= 11 is 0. The standard InChI is InChI=1S/C26H27NO4S/c1-18(2)31-25-14-13-21(32(3,29)30)15-23(25)26(28)27-16-20-11-7-8-12-22(20)24(17-27)19-9-5-4-6-10-19/h4-15,18,24H,16-17H2,1-3H3. The van der Waals surface area contributed by atoms with Crippen LogP contribution in [0.4, 0.5) is 0 Å². The van der Waals surface area contributed by atoms with Crippen molar-refractivity contribution in [2.45, 2.75) is 37.3 Å². The van der Waals surface area contributed by atoms with Crippen molar-refractivity contribution in [1.29, 1.82) is 0 Å². The van der Waals surface area contributed by atoms with E-state index in [4.69, 9.17) is 4.74 Å². The van der Waals surface area contributed by atoms with Crippen LogP contribution in [0.25, 0.3) is 0 Å². The van der Waals surface area contributed by atoms with Crippen molar-refractivity contribution in [3.05, 3.63) is 95.1 Å². The van der Waals surface area contributed by atoms with Crippen molar-refractivity contribution >= 4 is 15.7 Å². The topological polar surface area (TPSA) is 63.7 Å². The summed E-state index contributed by atoms with van der Waals surface area (Å²) < 4.78 is 30.2. The minimum absolute atomic E-state index is 0.0395. The van der Waals surface area contributed by atoms with E-state index < -0.39 is 9.84 Å². The maximum atomic E-state index is 13.7. The Balaban J connectivity index is 1.76. The maximum Gasteiger partial charge on any atom is 0.257 e. The summed E-state index contributed by atoms with van der Waals surface area (Å²) in [4.78, 5) is 15.6. The SMILES string of the molecule is CC(C)Oc1ccc(S(C)(=O)=O)cc1C(=O)N1Cc2ccccc2C(c2ccccc2)C1. The molecule has 1 aliphatic heterocycles. The lowest BCUT2D eigenvalue weighted by Crippen LogP contribution is -2.39. The summed E-state index contributed by atoms with van der Waals surface area (Å²) in [5.41, 5.74) is 3.71. The van der Waals surface area contributed by atoms with E-state index in [0.29, 0.717) is 18.8 Å². The van der Waals surface area contributed by atoms with Crippen molar-refractivity contribution in [3.63, 3.8) is 0 Å². The Kier molecular flexibility index (Phi) is 6.07. The van der Waals surface area contributed by atoms with Crippen molar-refractivity contribution in [1.82, 2.24) is 4.90 Å². The fraction of sp³-hybridized carbons (Fsp3) is 0.269. The predicted octanol–water partition coefficient (Wildman–Crippen LogP) is 4.67. The maximum absolute atomic E-state index is 13.7. The average Bonchev–Trinajstić information content (AvgIpc) is 2.77. The molecule has 0 spiro atoms. The molecule has 0 radical (unpaired) electrons. The third-order valence-electron chi connectivity index (χ3n) is 5.66. The fourth-order valence-electron chi connectivity index (χ4n) is 4.17. The smallest absolute Gasteiger partial charge is 0.257 e. The van der Waals surface area contributed by atoms with Crippen molar-refractivity contribution in [3.8, 4) is 5.75 Å². The second-order valence-electron chi connectivity index (χ2n) is 8.44. The Bertz CT molecular complexity index is 1240. The first-order valence-electron chi connectivity index (χ1n) is 10.7. The number of carbonyl (C=O) groups is 1. The van der Waals surface area contributed by atoms with E-state index in [1.165, 1.54) is 17.7 Å². The summed E-state index contributed by atoms with van der Waals surface area (Å²) in [5, 5.41) is 0. The Hall–Kier alpha value is -3.12. The van der Waals surface area contributed by atoms with Gasteiger partial charge >= 0.3 is 0 Å². The first-order chi connectivity index (χ1) is 15.2. The van der Waals surface area contributed by atoms with Crippen LogP contribution in [-0.4, -0.2) is 38.1 Å². The van der Waals surface area contributed by atoms with Crippen molar-refractivity contribution in [2.24, 2.45) is 0 Å². The molecule has 1 amide bonds. The van der Waals surface area contributed by atoms with Crippen molar-refractivity contribution in [2.75, 3.05) is 12.8 Å². The molecule has 4 rings (SSSR count). The molecule has 0 aliphatic carbocycles. The van der Waals surface area contributed by atoms with Gasteiger partial charge in [-0.3, -0.25) is 4.79 Å². The van der Waals surface area contributed by atoms with Crippen LogP contribution in [0.5, 0.6) is 5.75 Å². The van der Waals surface area contributed by atoms with Gasteiger partial charge in [0.1, 0.15) is 5.75 Å². The summed E-state index contributed by atoms with van der Waals surface area (Å²) in [6, 6.07) is 22.8. The highest BCUT2D eigenvalue weighted by molar-refractivity contribution is 7.90. The molecule has 3 aromatic rings. The molecule has 0 saturated carbocycles. The highest BCUT2D eigenvalue weighted by atomic mass is 32.2. The van der Waals surface area contributed by atoms with E-state index in [-0.39, 0.29) is 28.4 Å². The normalized spacial score (nSPS) is 16.0. The first-order valence-corrected chi connectivity index (χ1v) is 12.6. The molecule has 0 N–H and O–H groups in total. The number of amides is 1. The minimum atomic E-state index is -3.46. The van der Waals surface area contributed by atoms with Crippen LogP contribution in [-0.2, 0) is 16.4 Å². The number of nitrogens with zero attached hydrogens (tertiary/aromatic N) is 1. The number of hydrogen-bond acceptors (Lipinski definition) is 4. The summed E-state index contributed by atoms with van der Waals surface area (Å²) in [6.45, 7) is 4.72. The first kappa shape index (κ1) is 22.1. The minimum Gasteiger partial charge on any atom is -0.490 e. The zero-order valence-electron chi connectivity index (χ0n) is 18.5. The molecule has 1 aliphatic rings. The number of ether oxygens (including phenoxy) is 1. The predicted molar refractivity (Wildman–Crippen MR) is 125 cm³/mol. The van der Waals surface area contributed by atoms with Gasteiger partial charge in [0.05, 0.1) is 16.6 Å². The number of fused-ring (bicyclic) bond motifs is 1. The Labute approximate surface area is 189 Å². The Morgan fingerprint density at radius 3 is 2.38 bits per heavy atom. The van der Waals surface area contributed by atoms with E-state index in [1.807, 2.05) is 50.2 Å². The van der Waals surface area contributed by atoms with Crippen LogP contribution in [0, 0.1) is 0 Å². The Morgan fingerprint density at radius 2 is 1.69 bits per heavy atom. The van der Waals surface area contributed by atoms with Gasteiger partial charge in [-0.25, -0.2) is 8.42 Å². The lowest BCUT2D eigenvalue weighted by atomic mass is 9.84. The van der Waals surface area contributed by atoms with E-state index in [1.54, 1.807) is 11.0 Å². The molecule has 1 heterocycles. The molecule has 166 valence electrons. The number of sulfone groups is 1. The molecule has 0 aromatic heterocycles. The van der Waals surface area contributed by atoms with Crippen LogP contribution in [0.15, 0.2) is 77.7 Å². The quantitative estimate of drug-likeness (QED) is 0.568. The van der Waals surface area contributed by atoms with E-state index >= 15 is 0 Å². The van der Waals surface area contributed by atoms with E-state index in [2.05, 4.69) is 18.2 Å². The lowest BCUT2D eigenvalue weighted by Gasteiger charge is -2.35. The summed E-state index contributed by atoms with van der Waals surface area (Å²) in [7, 11) is -3.46. The van der Waals surface area contributed by atoms with E-state index in [0.717, 1.165) is 17.4 Å². The number of rotatable bonds is 5. The molecule has 5 nitrogen and oxygen atoms in total. The van der Waals surface area contributed by atoms with Gasteiger partial charge in [0.25, 0.3) is 5.91 Å². The molecule has 0 bridgehead atoms. The van der Waals surface area contributed by atoms with E-state index in [9.17, 15) is 13.2 Å². The van der Waals surface area contributed by atoms with Crippen LogP contribution in [0.3, 0.4) is 0 Å². The third-order valence-corrected chi connectivity index (χ3v) is 6.77. The number of hydrogen-bond donors (Lipinski definition) is 0. The van der Waals surface area contributed by atoms with Gasteiger partial charge in [0.2, 0.25) is 0 Å². The molecule has 1 atom stereocenters. The Morgan fingerprint density at radius 1 is 1.00 bits per heavy atom. The van der Waals surface area contributed by atoms with Crippen LogP contribution >= 0.6 is 0 Å². The summed E-state index contributed by atoms with van der Waals surface area (Å²) in [5.74, 6) is 0.201. The van der Waals surface area contributed by atoms with Crippen LogP contribution in [0.1, 0.15) is 46.8 Å². The molecule has 1 unspecified atom stereocenters. The molecular weight excluding hydrogens is 422 g/mol. The van der Waals surface area contributed by atoms with Gasteiger partial charge in [-0.2, -0.15) is 0 Å². The molecule has 6 heteroatoms. The van der Waals surface area contributed by atoms with Gasteiger partial charge < -0.3 is 9.64 Å². The molecule has 32 heavy (non-hydrogen) atoms.